The van der Waals surface area contributed by atoms with E-state index in [9.17, 15) is 4.39 Å². The van der Waals surface area contributed by atoms with Crippen molar-refractivity contribution in [2.45, 2.75) is 13.2 Å². The van der Waals surface area contributed by atoms with Gasteiger partial charge in [0.2, 0.25) is 0 Å². The highest BCUT2D eigenvalue weighted by Crippen LogP contribution is 2.19. The molecule has 0 aliphatic carbocycles. The Hall–Kier alpha value is -1.32. The van der Waals surface area contributed by atoms with Gasteiger partial charge in [0.1, 0.15) is 5.82 Å². The molecule has 0 aliphatic heterocycles. The van der Waals surface area contributed by atoms with Gasteiger partial charge in [0.15, 0.2) is 0 Å². The smallest absolute Gasteiger partial charge is 0.146 e. The Morgan fingerprint density at radius 1 is 1.31 bits per heavy atom. The highest BCUT2D eigenvalue weighted by molar-refractivity contribution is 6.30. The van der Waals surface area contributed by atoms with Crippen molar-refractivity contribution in [3.63, 3.8) is 0 Å². The summed E-state index contributed by atoms with van der Waals surface area (Å²) in [4.78, 5) is 0. The number of rotatable bonds is 3. The highest BCUT2D eigenvalue weighted by Gasteiger charge is 2.06. The van der Waals surface area contributed by atoms with Crippen LogP contribution in [0.15, 0.2) is 36.7 Å². The van der Waals surface area contributed by atoms with E-state index in [-0.39, 0.29) is 17.4 Å². The van der Waals surface area contributed by atoms with Crippen molar-refractivity contribution in [3.05, 3.63) is 58.6 Å². The van der Waals surface area contributed by atoms with Crippen molar-refractivity contribution in [2.75, 3.05) is 0 Å². The van der Waals surface area contributed by atoms with Crippen molar-refractivity contribution >= 4 is 11.6 Å². The Balaban J connectivity index is 2.23. The summed E-state index contributed by atoms with van der Waals surface area (Å²) in [5, 5.41) is 9.04. The molecule has 0 aliphatic rings. The first-order valence-electron chi connectivity index (χ1n) is 4.89. The molecular weight excluding hydrogens is 229 g/mol. The maximum atomic E-state index is 13.6. The van der Waals surface area contributed by atoms with Crippen molar-refractivity contribution < 1.29 is 9.50 Å². The Morgan fingerprint density at radius 2 is 2.12 bits per heavy atom. The minimum absolute atomic E-state index is 0.00890. The monoisotopic (exact) mass is 239 g/mol. The molecule has 1 aromatic heterocycles. The number of aliphatic hydroxyl groups excluding tert-OH is 1. The second-order valence-electron chi connectivity index (χ2n) is 3.56. The van der Waals surface area contributed by atoms with Crippen LogP contribution in [-0.2, 0) is 13.2 Å². The summed E-state index contributed by atoms with van der Waals surface area (Å²) < 4.78 is 15.4. The summed E-state index contributed by atoms with van der Waals surface area (Å²) in [5.41, 5.74) is 1.34. The third kappa shape index (κ3) is 2.26. The third-order valence-corrected chi connectivity index (χ3v) is 2.67. The molecule has 2 aromatic rings. The number of hydrogen-bond acceptors (Lipinski definition) is 1. The topological polar surface area (TPSA) is 25.2 Å². The average molecular weight is 240 g/mol. The molecule has 16 heavy (non-hydrogen) atoms. The minimum Gasteiger partial charge on any atom is -0.392 e. The van der Waals surface area contributed by atoms with Gasteiger partial charge >= 0.3 is 0 Å². The second kappa shape index (κ2) is 4.68. The molecule has 0 spiro atoms. The van der Waals surface area contributed by atoms with Gasteiger partial charge in [-0.1, -0.05) is 23.7 Å². The van der Waals surface area contributed by atoms with Crippen LogP contribution in [0.2, 0.25) is 5.02 Å². The number of nitrogens with zero attached hydrogens (tertiary/aromatic N) is 1. The van der Waals surface area contributed by atoms with Crippen LogP contribution in [0, 0.1) is 5.82 Å². The van der Waals surface area contributed by atoms with Crippen molar-refractivity contribution in [1.29, 1.82) is 0 Å². The van der Waals surface area contributed by atoms with Gasteiger partial charge in [-0.3, -0.25) is 0 Å². The summed E-state index contributed by atoms with van der Waals surface area (Å²) in [6.07, 6.45) is 3.58. The normalized spacial score (nSPS) is 10.7. The molecule has 0 saturated carbocycles. The highest BCUT2D eigenvalue weighted by atomic mass is 35.5. The standard InChI is InChI=1S/C12H11ClFNO/c13-11-3-1-2-10(12(11)14)7-15-5-4-9(6-15)8-16/h1-6,16H,7-8H2. The molecule has 2 nitrogen and oxygen atoms in total. The second-order valence-corrected chi connectivity index (χ2v) is 3.97. The maximum absolute atomic E-state index is 13.6. The zero-order valence-corrected chi connectivity index (χ0v) is 9.28. The molecule has 1 N–H and O–H groups in total. The number of aromatic nitrogens is 1. The minimum atomic E-state index is -0.386. The lowest BCUT2D eigenvalue weighted by Gasteiger charge is -2.05. The van der Waals surface area contributed by atoms with Gasteiger partial charge in [0, 0.05) is 24.5 Å². The van der Waals surface area contributed by atoms with Crippen LogP contribution in [0.25, 0.3) is 0 Å². The van der Waals surface area contributed by atoms with E-state index in [0.717, 1.165) is 5.56 Å². The predicted octanol–water partition coefficient (Wildman–Crippen LogP) is 2.82. The lowest BCUT2D eigenvalue weighted by atomic mass is 10.2. The van der Waals surface area contributed by atoms with Crippen LogP contribution >= 0.6 is 11.6 Å². The summed E-state index contributed by atoms with van der Waals surface area (Å²) in [7, 11) is 0. The first kappa shape index (κ1) is 11.2. The third-order valence-electron chi connectivity index (χ3n) is 2.38. The SMILES string of the molecule is OCc1ccn(Cc2cccc(Cl)c2F)c1. The molecule has 0 fully saturated rings. The van der Waals surface area contributed by atoms with Crippen LogP contribution in [0.3, 0.4) is 0 Å². The first-order valence-corrected chi connectivity index (χ1v) is 5.27. The van der Waals surface area contributed by atoms with Gasteiger partial charge in [0.05, 0.1) is 11.6 Å². The fourth-order valence-electron chi connectivity index (χ4n) is 1.55. The fraction of sp³-hybridized carbons (Fsp3) is 0.167. The lowest BCUT2D eigenvalue weighted by molar-refractivity contribution is 0.282. The first-order chi connectivity index (χ1) is 7.70. The van der Waals surface area contributed by atoms with E-state index in [1.54, 1.807) is 35.2 Å². The average Bonchev–Trinajstić information content (AvgIpc) is 2.73. The van der Waals surface area contributed by atoms with Crippen LogP contribution in [0.5, 0.6) is 0 Å². The zero-order valence-electron chi connectivity index (χ0n) is 8.53. The number of halogens is 2. The molecule has 0 radical (unpaired) electrons. The molecular formula is C12H11ClFNO. The quantitative estimate of drug-likeness (QED) is 0.876. The van der Waals surface area contributed by atoms with E-state index in [1.165, 1.54) is 6.07 Å². The van der Waals surface area contributed by atoms with Gasteiger partial charge < -0.3 is 9.67 Å². The van der Waals surface area contributed by atoms with Crippen molar-refractivity contribution in [2.24, 2.45) is 0 Å². The van der Waals surface area contributed by atoms with E-state index in [4.69, 9.17) is 16.7 Å². The number of aliphatic hydroxyl groups is 1. The molecule has 1 heterocycles. The molecule has 84 valence electrons. The largest absolute Gasteiger partial charge is 0.392 e. The molecule has 0 amide bonds. The Kier molecular flexibility index (Phi) is 3.27. The lowest BCUT2D eigenvalue weighted by Crippen LogP contribution is -1.99. The van der Waals surface area contributed by atoms with Gasteiger partial charge in [-0.2, -0.15) is 0 Å². The number of benzene rings is 1. The zero-order chi connectivity index (χ0) is 11.5. The predicted molar refractivity (Wildman–Crippen MR) is 60.9 cm³/mol. The Labute approximate surface area is 97.9 Å². The molecule has 0 atom stereocenters. The summed E-state index contributed by atoms with van der Waals surface area (Å²) in [6, 6.07) is 6.73. The summed E-state index contributed by atoms with van der Waals surface area (Å²) >= 11 is 5.69. The summed E-state index contributed by atoms with van der Waals surface area (Å²) in [5.74, 6) is -0.386. The number of hydrogen-bond donors (Lipinski definition) is 1. The van der Waals surface area contributed by atoms with E-state index >= 15 is 0 Å². The molecule has 0 bridgehead atoms. The van der Waals surface area contributed by atoms with Gasteiger partial charge in [-0.05, 0) is 17.7 Å². The molecule has 2 rings (SSSR count). The molecule has 0 saturated heterocycles. The van der Waals surface area contributed by atoms with Gasteiger partial charge in [0.25, 0.3) is 0 Å². The van der Waals surface area contributed by atoms with E-state index in [0.29, 0.717) is 12.1 Å². The van der Waals surface area contributed by atoms with E-state index in [2.05, 4.69) is 0 Å². The molecule has 0 unspecified atom stereocenters. The molecule has 1 aromatic carbocycles. The van der Waals surface area contributed by atoms with E-state index in [1.807, 2.05) is 0 Å². The van der Waals surface area contributed by atoms with E-state index < -0.39 is 0 Å². The van der Waals surface area contributed by atoms with Crippen LogP contribution in [0.1, 0.15) is 11.1 Å². The summed E-state index contributed by atoms with van der Waals surface area (Å²) in [6.45, 7) is 0.400. The van der Waals surface area contributed by atoms with Gasteiger partial charge in [-0.25, -0.2) is 4.39 Å². The Bertz CT molecular complexity index is 496. The van der Waals surface area contributed by atoms with Crippen LogP contribution in [-0.4, -0.2) is 9.67 Å². The van der Waals surface area contributed by atoms with Crippen LogP contribution in [0.4, 0.5) is 4.39 Å². The fourth-order valence-corrected chi connectivity index (χ4v) is 1.74. The van der Waals surface area contributed by atoms with Gasteiger partial charge in [-0.15, -0.1) is 0 Å². The van der Waals surface area contributed by atoms with Crippen LogP contribution < -0.4 is 0 Å². The van der Waals surface area contributed by atoms with Crippen molar-refractivity contribution in [3.8, 4) is 0 Å². The Morgan fingerprint density at radius 3 is 2.81 bits per heavy atom. The molecule has 4 heteroatoms. The van der Waals surface area contributed by atoms with Crippen molar-refractivity contribution in [1.82, 2.24) is 4.57 Å². The maximum Gasteiger partial charge on any atom is 0.146 e.